The lowest BCUT2D eigenvalue weighted by atomic mass is 9.92. The van der Waals surface area contributed by atoms with Gasteiger partial charge in [0.1, 0.15) is 0 Å². The minimum atomic E-state index is -1.22. The van der Waals surface area contributed by atoms with Gasteiger partial charge in [0, 0.05) is 38.5 Å². The van der Waals surface area contributed by atoms with Crippen LogP contribution in [0.2, 0.25) is 0 Å². The van der Waals surface area contributed by atoms with Gasteiger partial charge in [-0.3, -0.25) is 0 Å². The summed E-state index contributed by atoms with van der Waals surface area (Å²) in [5.41, 5.74) is -0.320. The molecule has 1 unspecified atom stereocenters. The Morgan fingerprint density at radius 1 is 0.686 bits per heavy atom. The molecular formula is C26H53N2O6P. The molecule has 208 valence electrons. The number of nitriles is 1. The van der Waals surface area contributed by atoms with Crippen LogP contribution in [0.25, 0.3) is 0 Å². The smallest absolute Gasteiger partial charge is 0.259 e. The van der Waals surface area contributed by atoms with Crippen molar-refractivity contribution in [3.05, 3.63) is 0 Å². The summed E-state index contributed by atoms with van der Waals surface area (Å²) in [6.07, 6.45) is 4.04. The van der Waals surface area contributed by atoms with E-state index in [1.54, 1.807) is 0 Å². The zero-order valence-corrected chi connectivity index (χ0v) is 24.4. The molecule has 0 aliphatic rings. The average Bonchev–Trinajstić information content (AvgIpc) is 2.81. The fourth-order valence-electron chi connectivity index (χ4n) is 3.45. The van der Waals surface area contributed by atoms with E-state index in [2.05, 4.69) is 59.2 Å². The van der Waals surface area contributed by atoms with Gasteiger partial charge in [-0.1, -0.05) is 20.8 Å². The highest BCUT2D eigenvalue weighted by molar-refractivity contribution is 7.44. The van der Waals surface area contributed by atoms with E-state index < -0.39 is 8.53 Å². The highest BCUT2D eigenvalue weighted by Crippen LogP contribution is 2.46. The quantitative estimate of drug-likeness (QED) is 0.108. The van der Waals surface area contributed by atoms with Gasteiger partial charge in [0.05, 0.1) is 57.5 Å². The second-order valence-electron chi connectivity index (χ2n) is 9.44. The van der Waals surface area contributed by atoms with Crippen LogP contribution in [0, 0.1) is 16.7 Å². The maximum absolute atomic E-state index is 8.86. The standard InChI is InChI=1S/C26H53N2O6P/c1-8-14-29-20-26(21-30-15-9-2,22-31-16-10-3)23-32-17-12-19-34-35(33-18-11-13-27)28(24(4)5)25(6)7/h24-25H,8-12,14-23H2,1-7H3. The molecule has 0 saturated carbocycles. The van der Waals surface area contributed by atoms with Crippen LogP contribution < -0.4 is 0 Å². The molecule has 0 aliphatic carbocycles. The Morgan fingerprint density at radius 3 is 1.51 bits per heavy atom. The molecule has 0 spiro atoms. The van der Waals surface area contributed by atoms with Crippen LogP contribution in [0.1, 0.15) is 80.6 Å². The van der Waals surface area contributed by atoms with E-state index in [1.165, 1.54) is 0 Å². The predicted octanol–water partition coefficient (Wildman–Crippen LogP) is 5.95. The van der Waals surface area contributed by atoms with Gasteiger partial charge in [-0.15, -0.1) is 0 Å². The Kier molecular flexibility index (Phi) is 22.6. The summed E-state index contributed by atoms with van der Waals surface area (Å²) in [7, 11) is -1.22. The van der Waals surface area contributed by atoms with Gasteiger partial charge in [-0.05, 0) is 53.4 Å². The first kappa shape index (κ1) is 34.6. The maximum Gasteiger partial charge on any atom is 0.259 e. The van der Waals surface area contributed by atoms with E-state index >= 15 is 0 Å². The Labute approximate surface area is 216 Å². The first-order valence-corrected chi connectivity index (χ1v) is 14.5. The molecule has 0 saturated heterocycles. The van der Waals surface area contributed by atoms with Crippen molar-refractivity contribution in [1.29, 1.82) is 5.26 Å². The Hall–Kier alpha value is -0.360. The van der Waals surface area contributed by atoms with E-state index in [-0.39, 0.29) is 17.5 Å². The third kappa shape index (κ3) is 16.9. The molecule has 0 aromatic carbocycles. The van der Waals surface area contributed by atoms with E-state index in [0.29, 0.717) is 72.5 Å². The average molecular weight is 521 g/mol. The van der Waals surface area contributed by atoms with Crippen molar-refractivity contribution >= 4 is 8.53 Å². The lowest BCUT2D eigenvalue weighted by Crippen LogP contribution is -2.42. The Morgan fingerprint density at radius 2 is 1.11 bits per heavy atom. The van der Waals surface area contributed by atoms with Crippen molar-refractivity contribution in [2.75, 3.05) is 66.1 Å². The summed E-state index contributed by atoms with van der Waals surface area (Å²) in [5.74, 6) is 0. The van der Waals surface area contributed by atoms with Crippen molar-refractivity contribution in [2.45, 2.75) is 92.7 Å². The second-order valence-corrected chi connectivity index (χ2v) is 10.9. The molecule has 0 fully saturated rings. The second kappa shape index (κ2) is 22.8. The van der Waals surface area contributed by atoms with Gasteiger partial charge in [0.25, 0.3) is 8.53 Å². The predicted molar refractivity (Wildman–Crippen MR) is 142 cm³/mol. The highest BCUT2D eigenvalue weighted by atomic mass is 31.2. The van der Waals surface area contributed by atoms with Crippen LogP contribution in [0.15, 0.2) is 0 Å². The van der Waals surface area contributed by atoms with Crippen molar-refractivity contribution in [1.82, 2.24) is 4.67 Å². The van der Waals surface area contributed by atoms with Crippen LogP contribution in [0.4, 0.5) is 0 Å². The molecule has 8 nitrogen and oxygen atoms in total. The molecule has 9 heteroatoms. The molecule has 0 amide bonds. The normalized spacial score (nSPS) is 13.2. The number of nitrogens with zero attached hydrogens (tertiary/aromatic N) is 2. The summed E-state index contributed by atoms with van der Waals surface area (Å²) >= 11 is 0. The molecular weight excluding hydrogens is 467 g/mol. The van der Waals surface area contributed by atoms with E-state index in [0.717, 1.165) is 25.7 Å². The molecule has 35 heavy (non-hydrogen) atoms. The highest BCUT2D eigenvalue weighted by Gasteiger charge is 2.32. The largest absolute Gasteiger partial charge is 0.381 e. The van der Waals surface area contributed by atoms with Crippen molar-refractivity contribution in [2.24, 2.45) is 5.41 Å². The van der Waals surface area contributed by atoms with Crippen molar-refractivity contribution < 1.29 is 28.0 Å². The molecule has 0 aromatic rings. The third-order valence-corrected chi connectivity index (χ3v) is 7.08. The number of hydrogen-bond acceptors (Lipinski definition) is 8. The van der Waals surface area contributed by atoms with Crippen LogP contribution >= 0.6 is 8.53 Å². The van der Waals surface area contributed by atoms with E-state index in [1.807, 2.05) is 0 Å². The molecule has 0 heterocycles. The first-order chi connectivity index (χ1) is 16.9. The molecule has 0 N–H and O–H groups in total. The lowest BCUT2D eigenvalue weighted by Gasteiger charge is -2.35. The van der Waals surface area contributed by atoms with Crippen molar-refractivity contribution in [3.8, 4) is 6.07 Å². The summed E-state index contributed by atoms with van der Waals surface area (Å²) < 4.78 is 38.2. The lowest BCUT2D eigenvalue weighted by molar-refractivity contribution is -0.107. The van der Waals surface area contributed by atoms with Gasteiger partial charge in [-0.2, -0.15) is 5.26 Å². The van der Waals surface area contributed by atoms with Gasteiger partial charge in [0.2, 0.25) is 0 Å². The van der Waals surface area contributed by atoms with Gasteiger partial charge < -0.3 is 28.0 Å². The summed E-state index contributed by atoms with van der Waals surface area (Å²) in [4.78, 5) is 0. The minimum Gasteiger partial charge on any atom is -0.381 e. The number of ether oxygens (including phenoxy) is 4. The molecule has 0 rings (SSSR count). The summed E-state index contributed by atoms with van der Waals surface area (Å²) in [6, 6.07) is 2.71. The van der Waals surface area contributed by atoms with Gasteiger partial charge in [0.15, 0.2) is 0 Å². The van der Waals surface area contributed by atoms with Gasteiger partial charge >= 0.3 is 0 Å². The van der Waals surface area contributed by atoms with Crippen LogP contribution in [-0.2, 0) is 28.0 Å². The summed E-state index contributed by atoms with van der Waals surface area (Å²) in [5, 5.41) is 8.86. The molecule has 0 aromatic heterocycles. The SMILES string of the molecule is CCCOCC(COCCC)(COCCC)COCCCOP(OCCC#N)N(C(C)C)C(C)C. The van der Waals surface area contributed by atoms with Crippen LogP contribution in [0.5, 0.6) is 0 Å². The minimum absolute atomic E-state index is 0.287. The molecule has 0 radical (unpaired) electrons. The third-order valence-electron chi connectivity index (χ3n) is 4.98. The number of rotatable bonds is 25. The zero-order valence-electron chi connectivity index (χ0n) is 23.6. The zero-order chi connectivity index (χ0) is 26.4. The summed E-state index contributed by atoms with van der Waals surface area (Å²) in [6.45, 7) is 20.7. The fourth-order valence-corrected chi connectivity index (χ4v) is 5.08. The Balaban J connectivity index is 4.85. The topological polar surface area (TPSA) is 82.4 Å². The maximum atomic E-state index is 8.86. The van der Waals surface area contributed by atoms with Crippen molar-refractivity contribution in [3.63, 3.8) is 0 Å². The van der Waals surface area contributed by atoms with E-state index in [4.69, 9.17) is 33.3 Å². The fraction of sp³-hybridized carbons (Fsp3) is 0.962. The molecule has 0 aliphatic heterocycles. The molecule has 1 atom stereocenters. The first-order valence-electron chi connectivity index (χ1n) is 13.4. The van der Waals surface area contributed by atoms with E-state index in [9.17, 15) is 0 Å². The monoisotopic (exact) mass is 520 g/mol. The Bertz CT molecular complexity index is 484. The molecule has 0 bridgehead atoms. The van der Waals surface area contributed by atoms with Crippen LogP contribution in [-0.4, -0.2) is 82.8 Å². The van der Waals surface area contributed by atoms with Crippen LogP contribution in [0.3, 0.4) is 0 Å². The van der Waals surface area contributed by atoms with Gasteiger partial charge in [-0.25, -0.2) is 4.67 Å². The number of hydrogen-bond donors (Lipinski definition) is 0.